The fourth-order valence-corrected chi connectivity index (χ4v) is 1.55. The Morgan fingerprint density at radius 3 is 2.94 bits per heavy atom. The predicted molar refractivity (Wildman–Crippen MR) is 64.3 cm³/mol. The Labute approximate surface area is 103 Å². The smallest absolute Gasteiger partial charge is 0.259 e. The maximum Gasteiger partial charge on any atom is 0.259 e. The fourth-order valence-electron chi connectivity index (χ4n) is 1.37. The second-order valence-corrected chi connectivity index (χ2v) is 3.95. The first-order chi connectivity index (χ1) is 8.06. The number of aromatic hydroxyl groups is 1. The molecule has 0 aliphatic heterocycles. The number of hydrogen-bond donors (Lipinski definition) is 2. The minimum absolute atomic E-state index is 0.115. The zero-order chi connectivity index (χ0) is 12.4. The van der Waals surface area contributed by atoms with Crippen LogP contribution in [0.3, 0.4) is 0 Å². The minimum Gasteiger partial charge on any atom is -0.507 e. The molecule has 6 heteroatoms. The average molecular weight is 252 g/mol. The molecule has 0 saturated carbocycles. The van der Waals surface area contributed by atoms with E-state index in [-0.39, 0.29) is 11.3 Å². The van der Waals surface area contributed by atoms with E-state index in [9.17, 15) is 9.90 Å². The van der Waals surface area contributed by atoms with E-state index in [1.807, 2.05) is 0 Å². The van der Waals surface area contributed by atoms with E-state index < -0.39 is 5.91 Å². The van der Waals surface area contributed by atoms with Crippen LogP contribution < -0.4 is 5.32 Å². The van der Waals surface area contributed by atoms with Crippen LogP contribution in [0.15, 0.2) is 30.6 Å². The molecule has 2 rings (SSSR count). The number of nitrogens with one attached hydrogen (secondary N) is 1. The van der Waals surface area contributed by atoms with Gasteiger partial charge in [-0.2, -0.15) is 5.10 Å². The van der Waals surface area contributed by atoms with Crippen molar-refractivity contribution in [2.45, 2.75) is 0 Å². The standard InChI is InChI=1S/C11H10ClN3O2/c1-15-6-8(5-13-15)14-11(17)9-4-7(12)2-3-10(9)16/h2-6,16H,1H3,(H,14,17). The van der Waals surface area contributed by atoms with E-state index in [2.05, 4.69) is 10.4 Å². The van der Waals surface area contributed by atoms with Gasteiger partial charge in [-0.15, -0.1) is 0 Å². The quantitative estimate of drug-likeness (QED) is 0.858. The van der Waals surface area contributed by atoms with Crippen LogP contribution in [0, 0.1) is 0 Å². The number of carbonyl (C=O) groups excluding carboxylic acids is 1. The second kappa shape index (κ2) is 4.47. The topological polar surface area (TPSA) is 67.2 Å². The van der Waals surface area contributed by atoms with Gasteiger partial charge in [0.15, 0.2) is 0 Å². The van der Waals surface area contributed by atoms with E-state index >= 15 is 0 Å². The summed E-state index contributed by atoms with van der Waals surface area (Å²) in [7, 11) is 1.74. The molecular formula is C11H10ClN3O2. The van der Waals surface area contributed by atoms with Gasteiger partial charge >= 0.3 is 0 Å². The molecule has 0 unspecified atom stereocenters. The Morgan fingerprint density at radius 1 is 1.53 bits per heavy atom. The van der Waals surface area contributed by atoms with Crippen molar-refractivity contribution in [2.75, 3.05) is 5.32 Å². The highest BCUT2D eigenvalue weighted by atomic mass is 35.5. The minimum atomic E-state index is -0.432. The Balaban J connectivity index is 2.22. The molecule has 0 spiro atoms. The second-order valence-electron chi connectivity index (χ2n) is 3.52. The van der Waals surface area contributed by atoms with Gasteiger partial charge in [0.1, 0.15) is 5.75 Å². The number of aryl methyl sites for hydroxylation is 1. The Kier molecular flexibility index (Phi) is 3.01. The van der Waals surface area contributed by atoms with Crippen LogP contribution in [0.1, 0.15) is 10.4 Å². The first-order valence-corrected chi connectivity index (χ1v) is 5.22. The number of phenols is 1. The molecule has 17 heavy (non-hydrogen) atoms. The van der Waals surface area contributed by atoms with E-state index in [0.29, 0.717) is 10.7 Å². The average Bonchev–Trinajstić information content (AvgIpc) is 2.67. The van der Waals surface area contributed by atoms with Crippen molar-refractivity contribution in [1.29, 1.82) is 0 Å². The van der Waals surface area contributed by atoms with Crippen LogP contribution in [0.5, 0.6) is 5.75 Å². The van der Waals surface area contributed by atoms with Crippen LogP contribution in [0.25, 0.3) is 0 Å². The summed E-state index contributed by atoms with van der Waals surface area (Å²) in [4.78, 5) is 11.8. The number of hydrogen-bond acceptors (Lipinski definition) is 3. The number of aromatic nitrogens is 2. The van der Waals surface area contributed by atoms with Crippen LogP contribution >= 0.6 is 11.6 Å². The molecule has 0 atom stereocenters. The van der Waals surface area contributed by atoms with Crippen molar-refractivity contribution in [3.63, 3.8) is 0 Å². The van der Waals surface area contributed by atoms with E-state index in [1.54, 1.807) is 17.9 Å². The summed E-state index contributed by atoms with van der Waals surface area (Å²) in [6.45, 7) is 0. The zero-order valence-electron chi connectivity index (χ0n) is 9.01. The van der Waals surface area contributed by atoms with Crippen LogP contribution in [-0.4, -0.2) is 20.8 Å². The lowest BCUT2D eigenvalue weighted by Crippen LogP contribution is -2.11. The summed E-state index contributed by atoms with van der Waals surface area (Å²) in [6, 6.07) is 4.29. The molecule has 1 aromatic carbocycles. The largest absolute Gasteiger partial charge is 0.507 e. The summed E-state index contributed by atoms with van der Waals surface area (Å²) in [5, 5.41) is 16.5. The van der Waals surface area contributed by atoms with Gasteiger partial charge in [0.05, 0.1) is 17.4 Å². The maximum atomic E-state index is 11.8. The molecular weight excluding hydrogens is 242 g/mol. The van der Waals surface area contributed by atoms with Gasteiger partial charge in [0.25, 0.3) is 5.91 Å². The van der Waals surface area contributed by atoms with Crippen molar-refractivity contribution in [3.8, 4) is 5.75 Å². The van der Waals surface area contributed by atoms with Gasteiger partial charge in [-0.25, -0.2) is 0 Å². The monoisotopic (exact) mass is 251 g/mol. The fraction of sp³-hybridized carbons (Fsp3) is 0.0909. The van der Waals surface area contributed by atoms with Crippen LogP contribution in [-0.2, 0) is 7.05 Å². The van der Waals surface area contributed by atoms with Crippen molar-refractivity contribution in [1.82, 2.24) is 9.78 Å². The number of phenolic OH excluding ortho intramolecular Hbond substituents is 1. The number of anilines is 1. The molecule has 5 nitrogen and oxygen atoms in total. The number of carbonyl (C=O) groups is 1. The number of nitrogens with zero attached hydrogens (tertiary/aromatic N) is 2. The number of halogens is 1. The molecule has 0 fully saturated rings. The molecule has 0 saturated heterocycles. The molecule has 2 N–H and O–H groups in total. The predicted octanol–water partition coefficient (Wildman–Crippen LogP) is 2.03. The molecule has 0 aliphatic rings. The summed E-state index contributed by atoms with van der Waals surface area (Å²) in [6.07, 6.45) is 3.17. The highest BCUT2D eigenvalue weighted by Gasteiger charge is 2.12. The van der Waals surface area contributed by atoms with Gasteiger partial charge in [0.2, 0.25) is 0 Å². The highest BCUT2D eigenvalue weighted by molar-refractivity contribution is 6.31. The maximum absolute atomic E-state index is 11.8. The molecule has 1 aromatic heterocycles. The Hall–Kier alpha value is -2.01. The van der Waals surface area contributed by atoms with Crippen molar-refractivity contribution in [3.05, 3.63) is 41.2 Å². The van der Waals surface area contributed by atoms with Crippen molar-refractivity contribution in [2.24, 2.45) is 7.05 Å². The number of benzene rings is 1. The number of amides is 1. The molecule has 0 radical (unpaired) electrons. The Bertz CT molecular complexity index is 566. The van der Waals surface area contributed by atoms with Crippen LogP contribution in [0.4, 0.5) is 5.69 Å². The SMILES string of the molecule is Cn1cc(NC(=O)c2cc(Cl)ccc2O)cn1. The van der Waals surface area contributed by atoms with E-state index in [4.69, 9.17) is 11.6 Å². The lowest BCUT2D eigenvalue weighted by Gasteiger charge is -2.05. The van der Waals surface area contributed by atoms with Gasteiger partial charge in [-0.3, -0.25) is 9.48 Å². The first-order valence-electron chi connectivity index (χ1n) is 4.85. The lowest BCUT2D eigenvalue weighted by atomic mass is 10.2. The molecule has 88 valence electrons. The third-order valence-corrected chi connectivity index (χ3v) is 2.40. The summed E-state index contributed by atoms with van der Waals surface area (Å²) in [5.74, 6) is -0.547. The summed E-state index contributed by atoms with van der Waals surface area (Å²) >= 11 is 5.76. The normalized spacial score (nSPS) is 10.2. The molecule has 0 aliphatic carbocycles. The third-order valence-electron chi connectivity index (χ3n) is 2.17. The van der Waals surface area contributed by atoms with Gasteiger partial charge < -0.3 is 10.4 Å². The molecule has 2 aromatic rings. The van der Waals surface area contributed by atoms with Crippen molar-refractivity contribution < 1.29 is 9.90 Å². The van der Waals surface area contributed by atoms with Crippen LogP contribution in [0.2, 0.25) is 5.02 Å². The van der Waals surface area contributed by atoms with E-state index in [0.717, 1.165) is 0 Å². The summed E-state index contributed by atoms with van der Waals surface area (Å²) < 4.78 is 1.56. The third kappa shape index (κ3) is 2.57. The van der Waals surface area contributed by atoms with Gasteiger partial charge in [-0.1, -0.05) is 11.6 Å². The first kappa shape index (κ1) is 11.5. The Morgan fingerprint density at radius 2 is 2.29 bits per heavy atom. The molecule has 0 bridgehead atoms. The van der Waals surface area contributed by atoms with Crippen molar-refractivity contribution >= 4 is 23.2 Å². The zero-order valence-corrected chi connectivity index (χ0v) is 9.77. The van der Waals surface area contributed by atoms with Gasteiger partial charge in [0, 0.05) is 18.3 Å². The molecule has 1 amide bonds. The van der Waals surface area contributed by atoms with Gasteiger partial charge in [-0.05, 0) is 18.2 Å². The number of rotatable bonds is 2. The lowest BCUT2D eigenvalue weighted by molar-refractivity contribution is 0.102. The summed E-state index contributed by atoms with van der Waals surface area (Å²) in [5.41, 5.74) is 0.679. The molecule has 1 heterocycles. The highest BCUT2D eigenvalue weighted by Crippen LogP contribution is 2.22. The van der Waals surface area contributed by atoms with E-state index in [1.165, 1.54) is 24.4 Å².